The van der Waals surface area contributed by atoms with E-state index in [2.05, 4.69) is 10.2 Å². The number of nitrogens with zero attached hydrogens (tertiary/aromatic N) is 1. The minimum Gasteiger partial charge on any atom is -0.378 e. The Morgan fingerprint density at radius 1 is 1.33 bits per heavy atom. The average molecular weight is 302 g/mol. The molecular weight excluding hydrogens is 272 g/mol. The molecular formula is C15H30N2O4. The lowest BCUT2D eigenvalue weighted by molar-refractivity contribution is -0.148. The van der Waals surface area contributed by atoms with Gasteiger partial charge in [0, 0.05) is 38.8 Å². The highest BCUT2D eigenvalue weighted by molar-refractivity contribution is 5.82. The van der Waals surface area contributed by atoms with Crippen LogP contribution in [0.15, 0.2) is 0 Å². The molecule has 1 unspecified atom stereocenters. The molecule has 1 saturated heterocycles. The fourth-order valence-corrected chi connectivity index (χ4v) is 2.39. The van der Waals surface area contributed by atoms with Crippen molar-refractivity contribution in [2.75, 3.05) is 39.5 Å². The van der Waals surface area contributed by atoms with Crippen LogP contribution in [-0.4, -0.2) is 68.7 Å². The summed E-state index contributed by atoms with van der Waals surface area (Å²) < 4.78 is 16.6. The quantitative estimate of drug-likeness (QED) is 0.644. The van der Waals surface area contributed by atoms with Crippen molar-refractivity contribution in [2.45, 2.75) is 52.5 Å². The first-order valence-electron chi connectivity index (χ1n) is 7.93. The second-order valence-electron chi connectivity index (χ2n) is 5.42. The van der Waals surface area contributed by atoms with Crippen LogP contribution in [0, 0.1) is 0 Å². The lowest BCUT2D eigenvalue weighted by Crippen LogP contribution is -2.55. The zero-order chi connectivity index (χ0) is 15.7. The Morgan fingerprint density at radius 2 is 2.00 bits per heavy atom. The summed E-state index contributed by atoms with van der Waals surface area (Å²) in [5.41, 5.74) is 0. The first-order chi connectivity index (χ1) is 10.1. The van der Waals surface area contributed by atoms with Gasteiger partial charge < -0.3 is 19.5 Å². The molecule has 1 rings (SSSR count). The second-order valence-corrected chi connectivity index (χ2v) is 5.42. The lowest BCUT2D eigenvalue weighted by atomic mass is 10.2. The van der Waals surface area contributed by atoms with E-state index in [0.717, 1.165) is 19.5 Å². The van der Waals surface area contributed by atoms with Crippen molar-refractivity contribution in [3.8, 4) is 0 Å². The molecule has 0 aromatic heterocycles. The Hall–Kier alpha value is -0.690. The number of hydrogen-bond donors (Lipinski definition) is 1. The van der Waals surface area contributed by atoms with Crippen molar-refractivity contribution in [3.05, 3.63) is 0 Å². The number of ether oxygens (including phenoxy) is 3. The minimum absolute atomic E-state index is 0.0362. The average Bonchev–Trinajstić information content (AvgIpc) is 2.45. The number of rotatable bonds is 9. The van der Waals surface area contributed by atoms with Gasteiger partial charge in [-0.15, -0.1) is 0 Å². The second kappa shape index (κ2) is 10.1. The summed E-state index contributed by atoms with van der Waals surface area (Å²) in [6, 6.07) is -0.0778. The highest BCUT2D eigenvalue weighted by Gasteiger charge is 2.30. The number of amides is 1. The molecule has 1 amide bonds. The number of carbonyl (C=O) groups is 1. The summed E-state index contributed by atoms with van der Waals surface area (Å²) in [7, 11) is 0. The molecule has 124 valence electrons. The monoisotopic (exact) mass is 302 g/mol. The summed E-state index contributed by atoms with van der Waals surface area (Å²) in [6.07, 6.45) is 0.560. The van der Waals surface area contributed by atoms with Gasteiger partial charge in [-0.25, -0.2) is 0 Å². The first kappa shape index (κ1) is 18.4. The minimum atomic E-state index is -0.218. The molecule has 6 nitrogen and oxygen atoms in total. The third kappa shape index (κ3) is 6.74. The maximum atomic E-state index is 12.2. The predicted octanol–water partition coefficient (Wildman–Crippen LogP) is 1.00. The summed E-state index contributed by atoms with van der Waals surface area (Å²) in [5.74, 6) is 0.0362. The normalized spacial score (nSPS) is 20.2. The Bertz CT molecular complexity index is 293. The van der Waals surface area contributed by atoms with Crippen LogP contribution in [0.2, 0.25) is 0 Å². The summed E-state index contributed by atoms with van der Waals surface area (Å²) >= 11 is 0. The van der Waals surface area contributed by atoms with Crippen LogP contribution in [0.1, 0.15) is 34.1 Å². The number of carbonyl (C=O) groups excluding carboxylic acids is 1. The van der Waals surface area contributed by atoms with E-state index in [0.29, 0.717) is 26.4 Å². The van der Waals surface area contributed by atoms with E-state index in [-0.39, 0.29) is 24.3 Å². The van der Waals surface area contributed by atoms with Gasteiger partial charge in [-0.1, -0.05) is 0 Å². The van der Waals surface area contributed by atoms with Crippen LogP contribution in [0.5, 0.6) is 0 Å². The van der Waals surface area contributed by atoms with E-state index < -0.39 is 0 Å². The molecule has 0 radical (unpaired) electrons. The maximum Gasteiger partial charge on any atom is 0.239 e. The number of nitrogens with one attached hydrogen (secondary N) is 1. The smallest absolute Gasteiger partial charge is 0.239 e. The fraction of sp³-hybridized carbons (Fsp3) is 0.933. The van der Waals surface area contributed by atoms with Crippen molar-refractivity contribution < 1.29 is 19.0 Å². The van der Waals surface area contributed by atoms with Crippen LogP contribution in [0.25, 0.3) is 0 Å². The van der Waals surface area contributed by atoms with E-state index >= 15 is 0 Å². The summed E-state index contributed by atoms with van der Waals surface area (Å²) in [5, 5.41) is 2.96. The number of hydrogen-bond acceptors (Lipinski definition) is 5. The van der Waals surface area contributed by atoms with E-state index in [1.54, 1.807) is 0 Å². The molecule has 0 aliphatic carbocycles. The molecule has 21 heavy (non-hydrogen) atoms. The van der Waals surface area contributed by atoms with Crippen molar-refractivity contribution in [3.63, 3.8) is 0 Å². The standard InChI is InChI=1S/C15H30N2O4/c1-5-20-14(21-6-2)7-8-17-9-10-19-11-13(17)15(18)16-12(3)4/h12-14H,5-11H2,1-4H3,(H,16,18). The Labute approximate surface area is 128 Å². The molecule has 1 aliphatic heterocycles. The molecule has 1 fully saturated rings. The predicted molar refractivity (Wildman–Crippen MR) is 81.1 cm³/mol. The van der Waals surface area contributed by atoms with Crippen molar-refractivity contribution in [1.29, 1.82) is 0 Å². The van der Waals surface area contributed by atoms with E-state index in [4.69, 9.17) is 14.2 Å². The van der Waals surface area contributed by atoms with Gasteiger partial charge in [-0.05, 0) is 27.7 Å². The van der Waals surface area contributed by atoms with Gasteiger partial charge in [-0.3, -0.25) is 9.69 Å². The van der Waals surface area contributed by atoms with Gasteiger partial charge in [0.05, 0.1) is 13.2 Å². The maximum absolute atomic E-state index is 12.2. The molecule has 1 aliphatic rings. The van der Waals surface area contributed by atoms with Crippen molar-refractivity contribution in [2.24, 2.45) is 0 Å². The van der Waals surface area contributed by atoms with E-state index in [1.807, 2.05) is 27.7 Å². The van der Waals surface area contributed by atoms with Crippen LogP contribution in [0.4, 0.5) is 0 Å². The highest BCUT2D eigenvalue weighted by atomic mass is 16.7. The molecule has 0 saturated carbocycles. The molecule has 0 spiro atoms. The molecule has 0 aromatic carbocycles. The molecule has 1 N–H and O–H groups in total. The van der Waals surface area contributed by atoms with E-state index in [1.165, 1.54) is 0 Å². The molecule has 1 heterocycles. The topological polar surface area (TPSA) is 60.0 Å². The van der Waals surface area contributed by atoms with Gasteiger partial charge >= 0.3 is 0 Å². The molecule has 0 aromatic rings. The zero-order valence-electron chi connectivity index (χ0n) is 13.8. The Morgan fingerprint density at radius 3 is 2.57 bits per heavy atom. The molecule has 0 bridgehead atoms. The van der Waals surface area contributed by atoms with Crippen LogP contribution in [0.3, 0.4) is 0 Å². The third-order valence-corrected chi connectivity index (χ3v) is 3.33. The van der Waals surface area contributed by atoms with Crippen molar-refractivity contribution in [1.82, 2.24) is 10.2 Å². The SMILES string of the molecule is CCOC(CCN1CCOCC1C(=O)NC(C)C)OCC. The molecule has 1 atom stereocenters. The van der Waals surface area contributed by atoms with Gasteiger partial charge in [-0.2, -0.15) is 0 Å². The third-order valence-electron chi connectivity index (χ3n) is 3.33. The van der Waals surface area contributed by atoms with Crippen LogP contribution in [-0.2, 0) is 19.0 Å². The van der Waals surface area contributed by atoms with Gasteiger partial charge in [0.1, 0.15) is 6.04 Å². The lowest BCUT2D eigenvalue weighted by Gasteiger charge is -2.35. The van der Waals surface area contributed by atoms with Crippen LogP contribution >= 0.6 is 0 Å². The Balaban J connectivity index is 2.50. The van der Waals surface area contributed by atoms with Crippen molar-refractivity contribution >= 4 is 5.91 Å². The van der Waals surface area contributed by atoms with Gasteiger partial charge in [0.25, 0.3) is 0 Å². The highest BCUT2D eigenvalue weighted by Crippen LogP contribution is 2.11. The zero-order valence-corrected chi connectivity index (χ0v) is 13.8. The summed E-state index contributed by atoms with van der Waals surface area (Å²) in [4.78, 5) is 14.4. The Kier molecular flexibility index (Phi) is 8.84. The largest absolute Gasteiger partial charge is 0.378 e. The molecule has 6 heteroatoms. The van der Waals surface area contributed by atoms with Crippen LogP contribution < -0.4 is 5.32 Å². The van der Waals surface area contributed by atoms with Gasteiger partial charge in [0.15, 0.2) is 6.29 Å². The summed E-state index contributed by atoms with van der Waals surface area (Å²) in [6.45, 7) is 11.8. The van der Waals surface area contributed by atoms with Gasteiger partial charge in [0.2, 0.25) is 5.91 Å². The fourth-order valence-electron chi connectivity index (χ4n) is 2.39. The number of morpholine rings is 1. The first-order valence-corrected chi connectivity index (χ1v) is 7.93. The van der Waals surface area contributed by atoms with E-state index in [9.17, 15) is 4.79 Å².